The second kappa shape index (κ2) is 8.87. The predicted octanol–water partition coefficient (Wildman–Crippen LogP) is 2.19. The number of amides is 1. The molecule has 162 valence electrons. The summed E-state index contributed by atoms with van der Waals surface area (Å²) in [5.41, 5.74) is 1.31. The maximum atomic E-state index is 13.2. The maximum Gasteiger partial charge on any atom is 0.233 e. The summed E-state index contributed by atoms with van der Waals surface area (Å²) in [4.78, 5) is 33.9. The SMILES string of the molecule is O=C(CSc1ncnc2c1cnn2-c1ccc(F)cc1)N1CCN(c2ncccn2)CC1. The Labute approximate surface area is 187 Å². The fourth-order valence-corrected chi connectivity index (χ4v) is 4.40. The van der Waals surface area contributed by atoms with Gasteiger partial charge in [0.05, 0.1) is 23.0 Å². The number of rotatable bonds is 5. The number of nitrogens with zero attached hydrogens (tertiary/aromatic N) is 8. The summed E-state index contributed by atoms with van der Waals surface area (Å²) >= 11 is 1.37. The average Bonchev–Trinajstić information content (AvgIpc) is 3.28. The summed E-state index contributed by atoms with van der Waals surface area (Å²) in [5, 5.41) is 5.81. The molecule has 0 atom stereocenters. The number of benzene rings is 1. The van der Waals surface area contributed by atoms with Crippen LogP contribution in [0.1, 0.15) is 0 Å². The molecule has 0 spiro atoms. The molecular weight excluding hydrogens is 431 g/mol. The zero-order chi connectivity index (χ0) is 21.9. The zero-order valence-electron chi connectivity index (χ0n) is 17.0. The lowest BCUT2D eigenvalue weighted by Gasteiger charge is -2.34. The van der Waals surface area contributed by atoms with Crippen LogP contribution in [0.3, 0.4) is 0 Å². The molecule has 1 amide bonds. The normalized spacial score (nSPS) is 14.2. The second-order valence-electron chi connectivity index (χ2n) is 7.15. The maximum absolute atomic E-state index is 13.2. The van der Waals surface area contributed by atoms with E-state index in [4.69, 9.17) is 0 Å². The van der Waals surface area contributed by atoms with E-state index in [1.54, 1.807) is 41.5 Å². The molecule has 0 bridgehead atoms. The van der Waals surface area contributed by atoms with E-state index >= 15 is 0 Å². The molecule has 1 aliphatic heterocycles. The van der Waals surface area contributed by atoms with Crippen LogP contribution in [0.15, 0.2) is 60.3 Å². The number of carbonyl (C=O) groups excluding carboxylic acids is 1. The standard InChI is InChI=1S/C21H19FN8OS/c22-15-2-4-16(5-3-15)30-19-17(12-27-30)20(26-14-25-19)32-13-18(31)28-8-10-29(11-9-28)21-23-6-1-7-24-21/h1-7,12,14H,8-11,13H2. The first kappa shape index (κ1) is 20.3. The summed E-state index contributed by atoms with van der Waals surface area (Å²) in [6.45, 7) is 2.64. The number of hydrogen-bond donors (Lipinski definition) is 0. The molecule has 11 heteroatoms. The van der Waals surface area contributed by atoms with Gasteiger partial charge < -0.3 is 9.80 Å². The molecule has 1 aliphatic rings. The fourth-order valence-electron chi connectivity index (χ4n) is 3.54. The lowest BCUT2D eigenvalue weighted by Crippen LogP contribution is -2.49. The number of halogens is 1. The summed E-state index contributed by atoms with van der Waals surface area (Å²) < 4.78 is 14.9. The van der Waals surface area contributed by atoms with E-state index in [0.29, 0.717) is 48.5 Å². The number of anilines is 1. The summed E-state index contributed by atoms with van der Waals surface area (Å²) in [7, 11) is 0. The van der Waals surface area contributed by atoms with Crippen molar-refractivity contribution < 1.29 is 9.18 Å². The Hall–Kier alpha value is -3.60. The first-order chi connectivity index (χ1) is 15.7. The van der Waals surface area contributed by atoms with Gasteiger partial charge in [-0.15, -0.1) is 0 Å². The molecule has 32 heavy (non-hydrogen) atoms. The van der Waals surface area contributed by atoms with Gasteiger partial charge >= 0.3 is 0 Å². The minimum atomic E-state index is -0.313. The molecule has 9 nitrogen and oxygen atoms in total. The van der Waals surface area contributed by atoms with Crippen molar-refractivity contribution in [3.05, 3.63) is 61.1 Å². The van der Waals surface area contributed by atoms with Crippen LogP contribution in [-0.2, 0) is 4.79 Å². The first-order valence-electron chi connectivity index (χ1n) is 10.1. The van der Waals surface area contributed by atoms with E-state index in [1.807, 2.05) is 4.90 Å². The molecule has 1 aromatic carbocycles. The van der Waals surface area contributed by atoms with Crippen molar-refractivity contribution in [2.75, 3.05) is 36.8 Å². The average molecular weight is 451 g/mol. The molecule has 0 unspecified atom stereocenters. The van der Waals surface area contributed by atoms with Gasteiger partial charge in [-0.2, -0.15) is 5.10 Å². The van der Waals surface area contributed by atoms with Crippen molar-refractivity contribution in [3.8, 4) is 5.69 Å². The molecule has 4 heterocycles. The molecule has 0 saturated carbocycles. The van der Waals surface area contributed by atoms with Crippen LogP contribution in [0.2, 0.25) is 0 Å². The second-order valence-corrected chi connectivity index (χ2v) is 8.12. The predicted molar refractivity (Wildman–Crippen MR) is 118 cm³/mol. The van der Waals surface area contributed by atoms with E-state index in [2.05, 4.69) is 29.9 Å². The summed E-state index contributed by atoms with van der Waals surface area (Å²) in [6, 6.07) is 7.82. The van der Waals surface area contributed by atoms with Crippen LogP contribution in [-0.4, -0.2) is 72.5 Å². The van der Waals surface area contributed by atoms with Crippen LogP contribution >= 0.6 is 11.8 Å². The highest BCUT2D eigenvalue weighted by atomic mass is 32.2. The number of fused-ring (bicyclic) bond motifs is 1. The van der Waals surface area contributed by atoms with E-state index < -0.39 is 0 Å². The third-order valence-corrected chi connectivity index (χ3v) is 6.19. The Morgan fingerprint density at radius 3 is 2.50 bits per heavy atom. The van der Waals surface area contributed by atoms with Crippen molar-refractivity contribution in [1.82, 2.24) is 34.6 Å². The van der Waals surface area contributed by atoms with E-state index in [0.717, 1.165) is 5.39 Å². The van der Waals surface area contributed by atoms with Crippen LogP contribution < -0.4 is 4.90 Å². The van der Waals surface area contributed by atoms with Crippen molar-refractivity contribution in [1.29, 1.82) is 0 Å². The highest BCUT2D eigenvalue weighted by molar-refractivity contribution is 8.00. The number of hydrogen-bond acceptors (Lipinski definition) is 8. The quantitative estimate of drug-likeness (QED) is 0.337. The van der Waals surface area contributed by atoms with Crippen molar-refractivity contribution in [2.45, 2.75) is 5.03 Å². The van der Waals surface area contributed by atoms with Gasteiger partial charge in [0.1, 0.15) is 17.2 Å². The van der Waals surface area contributed by atoms with E-state index in [-0.39, 0.29) is 17.5 Å². The van der Waals surface area contributed by atoms with Gasteiger partial charge in [0.2, 0.25) is 11.9 Å². The highest BCUT2D eigenvalue weighted by Crippen LogP contribution is 2.26. The van der Waals surface area contributed by atoms with E-state index in [1.165, 1.54) is 30.2 Å². The fraction of sp³-hybridized carbons (Fsp3) is 0.238. The zero-order valence-corrected chi connectivity index (χ0v) is 17.8. The Morgan fingerprint density at radius 1 is 1.00 bits per heavy atom. The molecule has 0 N–H and O–H groups in total. The highest BCUT2D eigenvalue weighted by Gasteiger charge is 2.23. The van der Waals surface area contributed by atoms with Gasteiger partial charge in [-0.05, 0) is 30.3 Å². The number of aromatic nitrogens is 6. The Morgan fingerprint density at radius 2 is 1.75 bits per heavy atom. The Bertz CT molecular complexity index is 1230. The molecule has 1 saturated heterocycles. The minimum Gasteiger partial charge on any atom is -0.338 e. The largest absolute Gasteiger partial charge is 0.338 e. The van der Waals surface area contributed by atoms with Gasteiger partial charge in [0, 0.05) is 38.6 Å². The molecule has 3 aromatic heterocycles. The van der Waals surface area contributed by atoms with Crippen molar-refractivity contribution in [2.24, 2.45) is 0 Å². The van der Waals surface area contributed by atoms with Gasteiger partial charge in [-0.1, -0.05) is 11.8 Å². The summed E-state index contributed by atoms with van der Waals surface area (Å²) in [5.74, 6) is 0.707. The Balaban J connectivity index is 1.24. The van der Waals surface area contributed by atoms with Gasteiger partial charge in [0.15, 0.2) is 5.65 Å². The topological polar surface area (TPSA) is 92.9 Å². The number of piperazine rings is 1. The van der Waals surface area contributed by atoms with Gasteiger partial charge in [-0.25, -0.2) is 29.0 Å². The van der Waals surface area contributed by atoms with Gasteiger partial charge in [-0.3, -0.25) is 4.79 Å². The molecule has 4 aromatic rings. The Kier molecular flexibility index (Phi) is 5.63. The van der Waals surface area contributed by atoms with Crippen LogP contribution in [0.5, 0.6) is 0 Å². The van der Waals surface area contributed by atoms with Crippen LogP contribution in [0.4, 0.5) is 10.3 Å². The molecule has 0 aliphatic carbocycles. The molecule has 0 radical (unpaired) electrons. The lowest BCUT2D eigenvalue weighted by molar-refractivity contribution is -0.128. The van der Waals surface area contributed by atoms with Crippen LogP contribution in [0, 0.1) is 5.82 Å². The minimum absolute atomic E-state index is 0.0568. The number of carbonyl (C=O) groups is 1. The number of thioether (sulfide) groups is 1. The smallest absolute Gasteiger partial charge is 0.233 e. The van der Waals surface area contributed by atoms with Gasteiger partial charge in [0.25, 0.3) is 0 Å². The van der Waals surface area contributed by atoms with Crippen molar-refractivity contribution >= 4 is 34.7 Å². The lowest BCUT2D eigenvalue weighted by atomic mass is 10.3. The third kappa shape index (κ3) is 4.11. The monoisotopic (exact) mass is 450 g/mol. The summed E-state index contributed by atoms with van der Waals surface area (Å²) in [6.07, 6.45) is 6.56. The molecular formula is C21H19FN8OS. The van der Waals surface area contributed by atoms with Crippen molar-refractivity contribution in [3.63, 3.8) is 0 Å². The third-order valence-electron chi connectivity index (χ3n) is 5.20. The molecule has 1 fully saturated rings. The molecule has 5 rings (SSSR count). The first-order valence-corrected chi connectivity index (χ1v) is 11.0. The van der Waals surface area contributed by atoms with Crippen LogP contribution in [0.25, 0.3) is 16.7 Å². The van der Waals surface area contributed by atoms with E-state index in [9.17, 15) is 9.18 Å².